The van der Waals surface area contributed by atoms with Gasteiger partial charge in [0.1, 0.15) is 5.82 Å². The topological polar surface area (TPSA) is 138 Å². The predicted octanol–water partition coefficient (Wildman–Crippen LogP) is 2.15. The van der Waals surface area contributed by atoms with Gasteiger partial charge in [-0.3, -0.25) is 4.79 Å². The number of hydrogen-bond donors (Lipinski definition) is 4. The van der Waals surface area contributed by atoms with Gasteiger partial charge in [-0.1, -0.05) is 12.1 Å². The van der Waals surface area contributed by atoms with Crippen LogP contribution < -0.4 is 21.3 Å². The van der Waals surface area contributed by atoms with Gasteiger partial charge in [0, 0.05) is 30.8 Å². The minimum atomic E-state index is -0.975. The Bertz CT molecular complexity index is 1170. The van der Waals surface area contributed by atoms with Crippen molar-refractivity contribution in [1.82, 2.24) is 19.9 Å². The Balaban J connectivity index is 1.56. The lowest BCUT2D eigenvalue weighted by Crippen LogP contribution is -2.47. The van der Waals surface area contributed by atoms with Crippen molar-refractivity contribution in [3.63, 3.8) is 0 Å². The lowest BCUT2D eigenvalue weighted by Gasteiger charge is -2.32. The van der Waals surface area contributed by atoms with Gasteiger partial charge < -0.3 is 26.4 Å². The van der Waals surface area contributed by atoms with Gasteiger partial charge in [-0.05, 0) is 57.4 Å². The van der Waals surface area contributed by atoms with E-state index in [1.807, 2.05) is 13.0 Å². The molecular formula is C23H29N7O3. The van der Waals surface area contributed by atoms with Crippen molar-refractivity contribution in [3.05, 3.63) is 53.2 Å². The zero-order valence-corrected chi connectivity index (χ0v) is 19.0. The number of rotatable bonds is 5. The predicted molar refractivity (Wildman–Crippen MR) is 125 cm³/mol. The van der Waals surface area contributed by atoms with E-state index in [0.717, 1.165) is 29.6 Å². The number of amides is 3. The first-order valence-electron chi connectivity index (χ1n) is 10.9. The van der Waals surface area contributed by atoms with Crippen LogP contribution in [0.15, 0.2) is 36.4 Å². The average molecular weight is 452 g/mol. The Morgan fingerprint density at radius 1 is 1.15 bits per heavy atom. The normalized spacial score (nSPS) is 15.0. The molecule has 1 aliphatic heterocycles. The van der Waals surface area contributed by atoms with Crippen molar-refractivity contribution in [1.29, 1.82) is 0 Å². The second-order valence-electron chi connectivity index (χ2n) is 8.92. The summed E-state index contributed by atoms with van der Waals surface area (Å²) < 4.78 is 1.77. The van der Waals surface area contributed by atoms with Crippen LogP contribution in [0.5, 0.6) is 0 Å². The summed E-state index contributed by atoms with van der Waals surface area (Å²) in [4.78, 5) is 30.8. The first kappa shape index (κ1) is 22.5. The van der Waals surface area contributed by atoms with Crippen LogP contribution >= 0.6 is 0 Å². The van der Waals surface area contributed by atoms with Crippen LogP contribution in [0.25, 0.3) is 5.52 Å². The number of urea groups is 1. The highest BCUT2D eigenvalue weighted by Gasteiger charge is 2.24. The third-order valence-electron chi connectivity index (χ3n) is 5.77. The number of fused-ring (bicyclic) bond motifs is 1. The molecule has 0 saturated carbocycles. The number of aliphatic hydroxyl groups is 1. The van der Waals surface area contributed by atoms with E-state index in [1.165, 1.54) is 0 Å². The molecule has 0 bridgehead atoms. The number of piperidine rings is 1. The van der Waals surface area contributed by atoms with E-state index in [0.29, 0.717) is 30.4 Å². The van der Waals surface area contributed by atoms with Crippen molar-refractivity contribution in [3.8, 4) is 0 Å². The van der Waals surface area contributed by atoms with Gasteiger partial charge >= 0.3 is 6.03 Å². The van der Waals surface area contributed by atoms with Crippen LogP contribution in [-0.2, 0) is 5.60 Å². The molecule has 33 heavy (non-hydrogen) atoms. The number of aromatic nitrogens is 3. The van der Waals surface area contributed by atoms with Gasteiger partial charge in [0.2, 0.25) is 5.95 Å². The molecule has 0 unspecified atom stereocenters. The van der Waals surface area contributed by atoms with Crippen LogP contribution in [0.4, 0.5) is 16.6 Å². The average Bonchev–Trinajstić information content (AvgIpc) is 3.13. The number of nitrogens with zero attached hydrogens (tertiary/aromatic N) is 4. The van der Waals surface area contributed by atoms with Gasteiger partial charge in [0.15, 0.2) is 0 Å². The Labute approximate surface area is 191 Å². The van der Waals surface area contributed by atoms with Crippen molar-refractivity contribution in [2.24, 2.45) is 5.73 Å². The van der Waals surface area contributed by atoms with Gasteiger partial charge in [0.05, 0.1) is 16.8 Å². The fraction of sp³-hybridized carbons (Fsp3) is 0.391. The standard InChI is InChI=1S/C23H29N7O3/c1-14-12-18-13-19(26-20(31)15-4-6-16(7-5-15)23(2,3)33)27-22(30(18)28-14)29-10-8-17(9-11-29)25-21(24)32/h4-7,12-13,17,33H,8-11H2,1-3H3,(H,26,31)(H3,24,25,32). The highest BCUT2D eigenvalue weighted by Crippen LogP contribution is 2.24. The molecule has 10 heteroatoms. The largest absolute Gasteiger partial charge is 0.386 e. The molecular weight excluding hydrogens is 422 g/mol. The quantitative estimate of drug-likeness (QED) is 0.469. The maximum absolute atomic E-state index is 12.8. The Kier molecular flexibility index (Phi) is 5.94. The zero-order chi connectivity index (χ0) is 23.8. The summed E-state index contributed by atoms with van der Waals surface area (Å²) in [5.74, 6) is 0.762. The molecule has 10 nitrogen and oxygen atoms in total. The third kappa shape index (κ3) is 5.06. The molecule has 1 fully saturated rings. The van der Waals surface area contributed by atoms with E-state index in [-0.39, 0.29) is 11.9 Å². The van der Waals surface area contributed by atoms with Crippen molar-refractivity contribution in [2.75, 3.05) is 23.3 Å². The summed E-state index contributed by atoms with van der Waals surface area (Å²) in [5, 5.41) is 20.3. The van der Waals surface area contributed by atoms with Crippen molar-refractivity contribution in [2.45, 2.75) is 45.3 Å². The number of primary amides is 1. The van der Waals surface area contributed by atoms with Crippen LogP contribution in [0.2, 0.25) is 0 Å². The maximum atomic E-state index is 12.8. The monoisotopic (exact) mass is 451 g/mol. The van der Waals surface area contributed by atoms with Crippen LogP contribution in [0.3, 0.4) is 0 Å². The number of hydrogen-bond acceptors (Lipinski definition) is 6. The summed E-state index contributed by atoms with van der Waals surface area (Å²) in [6.07, 6.45) is 1.47. The summed E-state index contributed by atoms with van der Waals surface area (Å²) in [7, 11) is 0. The second kappa shape index (κ2) is 8.70. The molecule has 1 aliphatic rings. The zero-order valence-electron chi connectivity index (χ0n) is 19.0. The first-order valence-corrected chi connectivity index (χ1v) is 10.9. The minimum Gasteiger partial charge on any atom is -0.386 e. The van der Waals surface area contributed by atoms with E-state index in [2.05, 4.69) is 25.6 Å². The van der Waals surface area contributed by atoms with E-state index >= 15 is 0 Å². The third-order valence-corrected chi connectivity index (χ3v) is 5.77. The molecule has 3 amide bonds. The molecule has 0 atom stereocenters. The van der Waals surface area contributed by atoms with E-state index < -0.39 is 11.6 Å². The lowest BCUT2D eigenvalue weighted by atomic mass is 9.97. The van der Waals surface area contributed by atoms with Crippen LogP contribution in [-0.4, -0.2) is 50.8 Å². The molecule has 174 valence electrons. The summed E-state index contributed by atoms with van der Waals surface area (Å²) in [6, 6.07) is 10.1. The lowest BCUT2D eigenvalue weighted by molar-refractivity contribution is 0.0785. The molecule has 5 N–H and O–H groups in total. The smallest absolute Gasteiger partial charge is 0.312 e. The number of nitrogens with two attached hydrogens (primary N) is 1. The van der Waals surface area contributed by atoms with Crippen LogP contribution in [0.1, 0.15) is 48.3 Å². The van der Waals surface area contributed by atoms with E-state index in [4.69, 9.17) is 5.73 Å². The molecule has 2 aromatic heterocycles. The van der Waals surface area contributed by atoms with E-state index in [1.54, 1.807) is 48.7 Å². The van der Waals surface area contributed by atoms with Gasteiger partial charge in [-0.15, -0.1) is 0 Å². The number of benzene rings is 1. The molecule has 1 saturated heterocycles. The Hall–Kier alpha value is -3.66. The molecule has 0 spiro atoms. The maximum Gasteiger partial charge on any atom is 0.312 e. The first-order chi connectivity index (χ1) is 15.6. The SMILES string of the molecule is Cc1cc2cc(NC(=O)c3ccc(C(C)(C)O)cc3)nc(N3CCC(NC(N)=O)CC3)n2n1. The number of carbonyl (C=O) groups is 2. The molecule has 1 aromatic carbocycles. The van der Waals surface area contributed by atoms with Gasteiger partial charge in [0.25, 0.3) is 5.91 Å². The molecule has 0 aliphatic carbocycles. The van der Waals surface area contributed by atoms with Gasteiger partial charge in [-0.2, -0.15) is 10.1 Å². The fourth-order valence-corrected chi connectivity index (χ4v) is 4.02. The highest BCUT2D eigenvalue weighted by molar-refractivity contribution is 6.04. The molecule has 3 aromatic rings. The summed E-state index contributed by atoms with van der Waals surface area (Å²) in [6.45, 7) is 6.64. The highest BCUT2D eigenvalue weighted by atomic mass is 16.3. The van der Waals surface area contributed by atoms with Gasteiger partial charge in [-0.25, -0.2) is 9.31 Å². The Morgan fingerprint density at radius 2 is 1.82 bits per heavy atom. The second-order valence-corrected chi connectivity index (χ2v) is 8.92. The minimum absolute atomic E-state index is 0.0309. The number of carbonyl (C=O) groups excluding carboxylic acids is 2. The van der Waals surface area contributed by atoms with Crippen molar-refractivity contribution < 1.29 is 14.7 Å². The van der Waals surface area contributed by atoms with E-state index in [9.17, 15) is 14.7 Å². The fourth-order valence-electron chi connectivity index (χ4n) is 4.02. The number of aryl methyl sites for hydroxylation is 1. The molecule has 3 heterocycles. The van der Waals surface area contributed by atoms with Crippen LogP contribution in [0, 0.1) is 6.92 Å². The number of nitrogens with one attached hydrogen (secondary N) is 2. The number of anilines is 2. The summed E-state index contributed by atoms with van der Waals surface area (Å²) >= 11 is 0. The summed E-state index contributed by atoms with van der Waals surface area (Å²) in [5.41, 5.74) is 7.13. The molecule has 4 rings (SSSR count). The Morgan fingerprint density at radius 3 is 2.42 bits per heavy atom. The molecule has 0 radical (unpaired) electrons. The van der Waals surface area contributed by atoms with Crippen molar-refractivity contribution >= 4 is 29.2 Å².